The van der Waals surface area contributed by atoms with Crippen LogP contribution < -0.4 is 0 Å². The molecular weight excluding hydrogens is 703 g/mol. The highest BCUT2D eigenvalue weighted by molar-refractivity contribution is 6.12. The van der Waals surface area contributed by atoms with Gasteiger partial charge in [-0.3, -0.25) is 4.99 Å². The van der Waals surface area contributed by atoms with Crippen LogP contribution >= 0.6 is 0 Å². The molecule has 0 N–H and O–H groups in total. The van der Waals surface area contributed by atoms with E-state index < -0.39 is 0 Å². The molecule has 0 saturated heterocycles. The summed E-state index contributed by atoms with van der Waals surface area (Å²) >= 11 is 0. The Bertz CT molecular complexity index is 2510. The lowest BCUT2D eigenvalue weighted by Gasteiger charge is -2.26. The highest BCUT2D eigenvalue weighted by atomic mass is 15.0. The summed E-state index contributed by atoms with van der Waals surface area (Å²) in [6.45, 7) is 17.2. The second-order valence-electron chi connectivity index (χ2n) is 14.6. The van der Waals surface area contributed by atoms with Crippen molar-refractivity contribution >= 4 is 24.5 Å². The van der Waals surface area contributed by atoms with E-state index in [1.54, 1.807) is 0 Å². The Morgan fingerprint density at radius 1 is 0.552 bits per heavy atom. The zero-order valence-electron chi connectivity index (χ0n) is 34.7. The summed E-state index contributed by atoms with van der Waals surface area (Å²) in [6, 6.07) is 61.9. The topological polar surface area (TPSA) is 37.1 Å². The van der Waals surface area contributed by atoms with Crippen LogP contribution in [0.5, 0.6) is 0 Å². The summed E-state index contributed by atoms with van der Waals surface area (Å²) in [6.07, 6.45) is 4.32. The first kappa shape index (κ1) is 40.9. The summed E-state index contributed by atoms with van der Waals surface area (Å²) in [5.41, 5.74) is 15.0. The average molecular weight is 756 g/mol. The van der Waals surface area contributed by atoms with Crippen molar-refractivity contribution < 1.29 is 0 Å². The zero-order valence-corrected chi connectivity index (χ0v) is 34.7. The maximum atomic E-state index is 5.01. The maximum absolute atomic E-state index is 5.01. The minimum absolute atomic E-state index is 0.189. The van der Waals surface area contributed by atoms with Gasteiger partial charge in [-0.05, 0) is 87.8 Å². The lowest BCUT2D eigenvalue weighted by Crippen LogP contribution is -2.18. The minimum atomic E-state index is -0.189. The van der Waals surface area contributed by atoms with E-state index in [1.807, 2.05) is 74.5 Å². The molecule has 0 saturated carbocycles. The van der Waals surface area contributed by atoms with E-state index in [4.69, 9.17) is 9.98 Å². The fourth-order valence-corrected chi connectivity index (χ4v) is 7.14. The Labute approximate surface area is 346 Å². The Kier molecular flexibility index (Phi) is 13.7. The van der Waals surface area contributed by atoms with Gasteiger partial charge >= 0.3 is 0 Å². The van der Waals surface area contributed by atoms with Gasteiger partial charge in [0.15, 0.2) is 11.7 Å². The number of rotatable bonds is 10. The summed E-state index contributed by atoms with van der Waals surface area (Å²) in [7, 11) is 0. The molecule has 0 aliphatic rings. The molecule has 0 unspecified atom stereocenters. The quantitative estimate of drug-likeness (QED) is 0.0985. The highest BCUT2D eigenvalue weighted by Gasteiger charge is 2.23. The molecule has 0 amide bonds. The largest absolute Gasteiger partial charge is 0.261 e. The SMILES string of the molecule is C=NC(=NC(=NCc1ccc(C(C)(C)c2ccc(-c3cccc(-c4cccc(C)c4/C=C\C)c3)cc2)cc1)c1ccccc1)c1ccc(-c2ccccc2)cc1.CC. The number of amidine groups is 2. The van der Waals surface area contributed by atoms with Gasteiger partial charge in [0, 0.05) is 16.5 Å². The second-order valence-corrected chi connectivity index (χ2v) is 14.6. The molecule has 0 aromatic heterocycles. The molecule has 7 rings (SSSR count). The maximum Gasteiger partial charge on any atom is 0.161 e. The lowest BCUT2D eigenvalue weighted by molar-refractivity contribution is 0.640. The molecule has 0 fully saturated rings. The van der Waals surface area contributed by atoms with E-state index in [-0.39, 0.29) is 5.41 Å². The van der Waals surface area contributed by atoms with E-state index in [9.17, 15) is 0 Å². The van der Waals surface area contributed by atoms with Gasteiger partial charge in [-0.25, -0.2) is 9.98 Å². The highest BCUT2D eigenvalue weighted by Crippen LogP contribution is 2.35. The molecule has 0 aliphatic carbocycles. The lowest BCUT2D eigenvalue weighted by atomic mass is 9.77. The number of nitrogens with zero attached hydrogens (tertiary/aromatic N) is 3. The molecule has 0 aliphatic heterocycles. The third-order valence-corrected chi connectivity index (χ3v) is 10.5. The van der Waals surface area contributed by atoms with E-state index >= 15 is 0 Å². The van der Waals surface area contributed by atoms with E-state index in [0.717, 1.165) is 27.8 Å². The van der Waals surface area contributed by atoms with Gasteiger partial charge in [0.2, 0.25) is 0 Å². The summed E-state index contributed by atoms with van der Waals surface area (Å²) < 4.78 is 0. The number of hydrogen-bond donors (Lipinski definition) is 0. The van der Waals surface area contributed by atoms with Crippen LogP contribution in [0.1, 0.15) is 73.6 Å². The fourth-order valence-electron chi connectivity index (χ4n) is 7.14. The molecule has 0 radical (unpaired) electrons. The molecular formula is C55H53N3. The zero-order chi connectivity index (χ0) is 40.9. The Hall–Kier alpha value is -6.71. The van der Waals surface area contributed by atoms with Gasteiger partial charge in [-0.15, -0.1) is 0 Å². The first-order valence-electron chi connectivity index (χ1n) is 20.2. The van der Waals surface area contributed by atoms with Crippen LogP contribution in [0, 0.1) is 6.92 Å². The third kappa shape index (κ3) is 9.62. The average Bonchev–Trinajstić information content (AvgIpc) is 3.29. The van der Waals surface area contributed by atoms with Crippen molar-refractivity contribution in [3.05, 3.63) is 221 Å². The summed E-state index contributed by atoms with van der Waals surface area (Å²) in [5, 5.41) is 0. The van der Waals surface area contributed by atoms with Gasteiger partial charge in [0.25, 0.3) is 0 Å². The van der Waals surface area contributed by atoms with Crippen molar-refractivity contribution in [2.75, 3.05) is 0 Å². The van der Waals surface area contributed by atoms with Crippen molar-refractivity contribution in [3.63, 3.8) is 0 Å². The molecule has 0 spiro atoms. The molecule has 7 aromatic carbocycles. The molecule has 58 heavy (non-hydrogen) atoms. The Morgan fingerprint density at radius 3 is 1.71 bits per heavy atom. The third-order valence-electron chi connectivity index (χ3n) is 10.5. The minimum Gasteiger partial charge on any atom is -0.261 e. The van der Waals surface area contributed by atoms with Crippen molar-refractivity contribution in [1.82, 2.24) is 0 Å². The molecule has 3 heteroatoms. The van der Waals surface area contributed by atoms with Crippen LogP contribution in [0.15, 0.2) is 197 Å². The molecule has 288 valence electrons. The fraction of sp³-hybridized carbons (Fsp3) is 0.145. The van der Waals surface area contributed by atoms with Crippen LogP contribution in [0.2, 0.25) is 0 Å². The van der Waals surface area contributed by atoms with Gasteiger partial charge < -0.3 is 0 Å². The first-order chi connectivity index (χ1) is 28.3. The normalized spacial score (nSPS) is 11.9. The summed E-state index contributed by atoms with van der Waals surface area (Å²) in [5.74, 6) is 1.15. The van der Waals surface area contributed by atoms with Gasteiger partial charge in [-0.2, -0.15) is 0 Å². The van der Waals surface area contributed by atoms with Gasteiger partial charge in [0.05, 0.1) is 6.54 Å². The monoisotopic (exact) mass is 755 g/mol. The van der Waals surface area contributed by atoms with Gasteiger partial charge in [-0.1, -0.05) is 210 Å². The van der Waals surface area contributed by atoms with Crippen LogP contribution in [0.4, 0.5) is 0 Å². The Balaban J connectivity index is 0.00000279. The van der Waals surface area contributed by atoms with Crippen LogP contribution in [-0.4, -0.2) is 18.4 Å². The predicted molar refractivity (Wildman–Crippen MR) is 251 cm³/mol. The van der Waals surface area contributed by atoms with E-state index in [1.165, 1.54) is 44.5 Å². The van der Waals surface area contributed by atoms with Gasteiger partial charge in [0.1, 0.15) is 0 Å². The molecule has 0 bridgehead atoms. The Morgan fingerprint density at radius 2 is 1.07 bits per heavy atom. The standard InChI is InChI=1S/C53H47N3.C2H6/c1-6-15-49-38(2)16-13-23-50(49)46-22-14-21-45(36-46)42-30-34-48(35-31-42)53(3,4)47-32-24-39(25-33-47)37-55-52(43-19-11-8-12-20-43)56-51(54-5)44-28-26-41(27-29-44)40-17-9-7-10-18-40;1-2/h6-36H,5,37H2,1-4H3;1-2H3/b15-6-,55-52?,56-51?;. The first-order valence-corrected chi connectivity index (χ1v) is 20.2. The predicted octanol–water partition coefficient (Wildman–Crippen LogP) is 14.5. The molecule has 0 heterocycles. The number of hydrogen-bond acceptors (Lipinski definition) is 1. The van der Waals surface area contributed by atoms with Crippen LogP contribution in [0.25, 0.3) is 39.5 Å². The van der Waals surface area contributed by atoms with Crippen molar-refractivity contribution in [2.24, 2.45) is 15.0 Å². The van der Waals surface area contributed by atoms with Crippen LogP contribution in [-0.2, 0) is 12.0 Å². The number of aryl methyl sites for hydroxylation is 1. The second kappa shape index (κ2) is 19.4. The van der Waals surface area contributed by atoms with Crippen molar-refractivity contribution in [2.45, 2.75) is 53.5 Å². The van der Waals surface area contributed by atoms with E-state index in [0.29, 0.717) is 18.2 Å². The molecule has 0 atom stereocenters. The number of benzene rings is 7. The molecule has 3 nitrogen and oxygen atoms in total. The molecule has 7 aromatic rings. The van der Waals surface area contributed by atoms with E-state index in [2.05, 4.69) is 167 Å². The number of allylic oxidation sites excluding steroid dienone is 1. The smallest absolute Gasteiger partial charge is 0.161 e. The van der Waals surface area contributed by atoms with Crippen molar-refractivity contribution in [1.29, 1.82) is 0 Å². The van der Waals surface area contributed by atoms with Crippen molar-refractivity contribution in [3.8, 4) is 33.4 Å². The van der Waals surface area contributed by atoms with Crippen LogP contribution in [0.3, 0.4) is 0 Å². The summed E-state index contributed by atoms with van der Waals surface area (Å²) in [4.78, 5) is 14.3. The number of aliphatic imine (C=N–C) groups is 3.